The lowest BCUT2D eigenvalue weighted by Gasteiger charge is -2.27. The number of halogens is 1. The highest BCUT2D eigenvalue weighted by Gasteiger charge is 2.30. The van der Waals surface area contributed by atoms with Crippen LogP contribution in [0.3, 0.4) is 0 Å². The van der Waals surface area contributed by atoms with Gasteiger partial charge in [-0.25, -0.2) is 9.59 Å². The average Bonchev–Trinajstić information content (AvgIpc) is 2.92. The second-order valence-electron chi connectivity index (χ2n) is 5.73. The molecule has 7 nitrogen and oxygen atoms in total. The molecular formula is C17H19ClN4O3. The maximum atomic E-state index is 12.5. The number of anilines is 1. The number of ether oxygens (including phenoxy) is 1. The number of fused-ring (bicyclic) bond motifs is 1. The van der Waals surface area contributed by atoms with Crippen molar-refractivity contribution in [3.63, 3.8) is 0 Å². The summed E-state index contributed by atoms with van der Waals surface area (Å²) in [5.41, 5.74) is 2.65. The van der Waals surface area contributed by atoms with Gasteiger partial charge < -0.3 is 15.0 Å². The summed E-state index contributed by atoms with van der Waals surface area (Å²) in [6, 6.07) is 6.68. The molecule has 1 aromatic carbocycles. The van der Waals surface area contributed by atoms with Crippen molar-refractivity contribution in [2.24, 2.45) is 7.05 Å². The molecule has 2 amide bonds. The lowest BCUT2D eigenvalue weighted by molar-refractivity contribution is 0.0511. The minimum Gasteiger partial charge on any atom is -0.461 e. The van der Waals surface area contributed by atoms with Gasteiger partial charge in [0.25, 0.3) is 0 Å². The van der Waals surface area contributed by atoms with Crippen molar-refractivity contribution in [3.05, 3.63) is 46.2 Å². The molecule has 1 aliphatic heterocycles. The topological polar surface area (TPSA) is 76.5 Å². The number of hydrogen-bond donors (Lipinski definition) is 1. The van der Waals surface area contributed by atoms with E-state index in [2.05, 4.69) is 10.4 Å². The van der Waals surface area contributed by atoms with Gasteiger partial charge in [0.2, 0.25) is 0 Å². The van der Waals surface area contributed by atoms with Crippen molar-refractivity contribution in [3.8, 4) is 0 Å². The van der Waals surface area contributed by atoms with Crippen LogP contribution in [-0.2, 0) is 24.8 Å². The van der Waals surface area contributed by atoms with Crippen molar-refractivity contribution in [1.29, 1.82) is 0 Å². The number of rotatable bonds is 3. The highest BCUT2D eigenvalue weighted by Crippen LogP contribution is 2.23. The first kappa shape index (κ1) is 17.3. The van der Waals surface area contributed by atoms with Crippen LogP contribution in [0.25, 0.3) is 0 Å². The maximum Gasteiger partial charge on any atom is 0.356 e. The van der Waals surface area contributed by atoms with Gasteiger partial charge in [0.15, 0.2) is 5.69 Å². The summed E-state index contributed by atoms with van der Waals surface area (Å²) in [7, 11) is 1.71. The number of hydrogen-bond acceptors (Lipinski definition) is 4. The zero-order valence-electron chi connectivity index (χ0n) is 14.1. The van der Waals surface area contributed by atoms with Crippen LogP contribution in [0, 0.1) is 0 Å². The van der Waals surface area contributed by atoms with Gasteiger partial charge in [0.1, 0.15) is 0 Å². The Morgan fingerprint density at radius 3 is 2.72 bits per heavy atom. The molecule has 2 heterocycles. The monoisotopic (exact) mass is 362 g/mol. The van der Waals surface area contributed by atoms with Crippen molar-refractivity contribution >= 4 is 29.3 Å². The molecule has 0 spiro atoms. The van der Waals surface area contributed by atoms with Crippen molar-refractivity contribution in [2.75, 3.05) is 18.5 Å². The smallest absolute Gasteiger partial charge is 0.356 e. The molecule has 0 saturated heterocycles. The zero-order valence-corrected chi connectivity index (χ0v) is 14.8. The zero-order chi connectivity index (χ0) is 18.0. The van der Waals surface area contributed by atoms with Gasteiger partial charge in [-0.2, -0.15) is 5.10 Å². The van der Waals surface area contributed by atoms with Crippen LogP contribution in [0.15, 0.2) is 24.3 Å². The fourth-order valence-electron chi connectivity index (χ4n) is 2.87. The van der Waals surface area contributed by atoms with Crippen molar-refractivity contribution < 1.29 is 14.3 Å². The summed E-state index contributed by atoms with van der Waals surface area (Å²) >= 11 is 5.85. The molecule has 3 rings (SSSR count). The van der Waals surface area contributed by atoms with Gasteiger partial charge >= 0.3 is 12.0 Å². The molecule has 1 N–H and O–H groups in total. The lowest BCUT2D eigenvalue weighted by Crippen LogP contribution is -2.39. The first-order valence-corrected chi connectivity index (χ1v) is 8.40. The predicted octanol–water partition coefficient (Wildman–Crippen LogP) is 2.84. The van der Waals surface area contributed by atoms with Crippen LogP contribution >= 0.6 is 11.6 Å². The van der Waals surface area contributed by atoms with Crippen molar-refractivity contribution in [2.45, 2.75) is 19.9 Å². The van der Waals surface area contributed by atoms with Gasteiger partial charge in [-0.15, -0.1) is 0 Å². The summed E-state index contributed by atoms with van der Waals surface area (Å²) in [6.45, 7) is 2.90. The number of carbonyl (C=O) groups excluding carboxylic acids is 2. The van der Waals surface area contributed by atoms with E-state index in [4.69, 9.17) is 16.3 Å². The van der Waals surface area contributed by atoms with E-state index in [1.807, 2.05) is 0 Å². The molecule has 132 valence electrons. The van der Waals surface area contributed by atoms with Gasteiger partial charge in [-0.3, -0.25) is 4.68 Å². The Morgan fingerprint density at radius 1 is 1.32 bits per heavy atom. The number of esters is 1. The summed E-state index contributed by atoms with van der Waals surface area (Å²) in [5.74, 6) is -0.418. The molecule has 0 unspecified atom stereocenters. The largest absolute Gasteiger partial charge is 0.461 e. The number of nitrogens with zero attached hydrogens (tertiary/aromatic N) is 3. The summed E-state index contributed by atoms with van der Waals surface area (Å²) in [5, 5.41) is 7.83. The van der Waals surface area contributed by atoms with Crippen LogP contribution in [0.1, 0.15) is 28.7 Å². The van der Waals surface area contributed by atoms with Crippen LogP contribution in [-0.4, -0.2) is 39.8 Å². The third-order valence-corrected chi connectivity index (χ3v) is 4.30. The van der Waals surface area contributed by atoms with Crippen molar-refractivity contribution in [1.82, 2.24) is 14.7 Å². The summed E-state index contributed by atoms with van der Waals surface area (Å²) in [4.78, 5) is 26.4. The number of aromatic nitrogens is 2. The Balaban J connectivity index is 1.76. The Morgan fingerprint density at radius 2 is 2.04 bits per heavy atom. The fraction of sp³-hybridized carbons (Fsp3) is 0.353. The molecule has 0 saturated carbocycles. The molecule has 0 radical (unpaired) electrons. The van der Waals surface area contributed by atoms with E-state index in [9.17, 15) is 9.59 Å². The average molecular weight is 363 g/mol. The molecule has 0 fully saturated rings. The molecule has 2 aromatic rings. The van der Waals surface area contributed by atoms with E-state index < -0.39 is 5.97 Å². The van der Waals surface area contributed by atoms with E-state index in [0.29, 0.717) is 42.5 Å². The van der Waals surface area contributed by atoms with E-state index in [1.165, 1.54) is 4.68 Å². The third-order valence-electron chi connectivity index (χ3n) is 4.05. The Kier molecular flexibility index (Phi) is 4.94. The molecule has 8 heteroatoms. The standard InChI is InChI=1S/C17H19ClN4O3/c1-3-25-16(23)15-13-10-22(9-8-14(13)20-21(15)2)17(24)19-12-6-4-11(18)5-7-12/h4-7H,3,8-10H2,1-2H3,(H,19,24). The molecular weight excluding hydrogens is 344 g/mol. The Hall–Kier alpha value is -2.54. The molecule has 0 bridgehead atoms. The number of benzene rings is 1. The predicted molar refractivity (Wildman–Crippen MR) is 93.7 cm³/mol. The van der Waals surface area contributed by atoms with E-state index in [-0.39, 0.29) is 6.03 Å². The van der Waals surface area contributed by atoms with Gasteiger partial charge in [0, 0.05) is 36.3 Å². The number of nitrogens with one attached hydrogen (secondary N) is 1. The van der Waals surface area contributed by atoms with Gasteiger partial charge in [-0.05, 0) is 31.2 Å². The molecule has 25 heavy (non-hydrogen) atoms. The first-order valence-electron chi connectivity index (χ1n) is 8.03. The number of urea groups is 1. The second kappa shape index (κ2) is 7.14. The Labute approximate surface area is 150 Å². The summed E-state index contributed by atoms with van der Waals surface area (Å²) < 4.78 is 6.64. The van der Waals surface area contributed by atoms with Crippen LogP contribution in [0.4, 0.5) is 10.5 Å². The second-order valence-corrected chi connectivity index (χ2v) is 6.16. The molecule has 1 aromatic heterocycles. The first-order chi connectivity index (χ1) is 12.0. The normalized spacial score (nSPS) is 13.3. The Bertz CT molecular complexity index is 801. The van der Waals surface area contributed by atoms with E-state index in [0.717, 1.165) is 11.3 Å². The lowest BCUT2D eigenvalue weighted by atomic mass is 10.1. The minimum absolute atomic E-state index is 0.230. The van der Waals surface area contributed by atoms with E-state index >= 15 is 0 Å². The highest BCUT2D eigenvalue weighted by molar-refractivity contribution is 6.30. The molecule has 1 aliphatic rings. The maximum absolute atomic E-state index is 12.5. The molecule has 0 atom stereocenters. The number of carbonyl (C=O) groups is 2. The van der Waals surface area contributed by atoms with E-state index in [1.54, 1.807) is 43.1 Å². The highest BCUT2D eigenvalue weighted by atomic mass is 35.5. The van der Waals surface area contributed by atoms with Gasteiger partial charge in [-0.1, -0.05) is 11.6 Å². The van der Waals surface area contributed by atoms with Crippen LogP contribution in [0.2, 0.25) is 5.02 Å². The number of aryl methyl sites for hydroxylation is 1. The SMILES string of the molecule is CCOC(=O)c1c2c(nn1C)CCN(C(=O)Nc1ccc(Cl)cc1)C2. The summed E-state index contributed by atoms with van der Waals surface area (Å²) in [6.07, 6.45) is 0.594. The minimum atomic E-state index is -0.418. The van der Waals surface area contributed by atoms with Gasteiger partial charge in [0.05, 0.1) is 18.8 Å². The van der Waals surface area contributed by atoms with Crippen LogP contribution in [0.5, 0.6) is 0 Å². The molecule has 0 aliphatic carbocycles. The quantitative estimate of drug-likeness (QED) is 0.852. The van der Waals surface area contributed by atoms with Crippen LogP contribution < -0.4 is 5.32 Å². The fourth-order valence-corrected chi connectivity index (χ4v) is 2.99. The number of amides is 2. The third kappa shape index (κ3) is 3.61.